The Morgan fingerprint density at radius 3 is 2.55 bits per heavy atom. The molecular weight excluding hydrogens is 296 g/mol. The number of nitrogens with zero attached hydrogens (tertiary/aromatic N) is 2. The van der Waals surface area contributed by atoms with E-state index >= 15 is 0 Å². The summed E-state index contributed by atoms with van der Waals surface area (Å²) in [4.78, 5) is 0. The van der Waals surface area contributed by atoms with Gasteiger partial charge in [0, 0.05) is 28.9 Å². The molecule has 0 aliphatic heterocycles. The monoisotopic (exact) mass is 318 g/mol. The molecular formula is C18H23ClN2O. The normalized spacial score (nSPS) is 14.0. The molecule has 2 unspecified atom stereocenters. The van der Waals surface area contributed by atoms with E-state index in [1.54, 1.807) is 12.3 Å². The van der Waals surface area contributed by atoms with Crippen molar-refractivity contribution in [1.29, 1.82) is 0 Å². The third-order valence-corrected chi connectivity index (χ3v) is 4.06. The summed E-state index contributed by atoms with van der Waals surface area (Å²) in [6, 6.07) is 10.0. The van der Waals surface area contributed by atoms with Gasteiger partial charge in [-0.15, -0.1) is 6.58 Å². The van der Waals surface area contributed by atoms with Crippen molar-refractivity contribution in [1.82, 2.24) is 9.78 Å². The quantitative estimate of drug-likeness (QED) is 0.769. The van der Waals surface area contributed by atoms with Crippen LogP contribution >= 0.6 is 11.6 Å². The lowest BCUT2D eigenvalue weighted by molar-refractivity contribution is 0.140. The van der Waals surface area contributed by atoms with Crippen LogP contribution < -0.4 is 0 Å². The Balaban J connectivity index is 2.31. The van der Waals surface area contributed by atoms with Gasteiger partial charge in [-0.1, -0.05) is 29.8 Å². The van der Waals surface area contributed by atoms with Gasteiger partial charge in [-0.25, -0.2) is 0 Å². The highest BCUT2D eigenvalue weighted by atomic mass is 35.5. The molecule has 3 nitrogen and oxygen atoms in total. The molecule has 1 N–H and O–H groups in total. The SMILES string of the molecule is C=CCC(O)C(Cc1ccc(Cl)cc1)c1ccnn1C(C)C. The van der Waals surface area contributed by atoms with E-state index in [4.69, 9.17) is 11.6 Å². The van der Waals surface area contributed by atoms with Crippen LogP contribution in [-0.2, 0) is 6.42 Å². The van der Waals surface area contributed by atoms with Crippen molar-refractivity contribution in [2.75, 3.05) is 0 Å². The lowest BCUT2D eigenvalue weighted by Crippen LogP contribution is -2.24. The Morgan fingerprint density at radius 1 is 1.27 bits per heavy atom. The van der Waals surface area contributed by atoms with Crippen LogP contribution in [0.25, 0.3) is 0 Å². The van der Waals surface area contributed by atoms with Crippen LogP contribution in [0.2, 0.25) is 5.02 Å². The van der Waals surface area contributed by atoms with Gasteiger partial charge in [-0.3, -0.25) is 4.68 Å². The largest absolute Gasteiger partial charge is 0.392 e. The molecule has 0 aliphatic rings. The van der Waals surface area contributed by atoms with Gasteiger partial charge in [-0.05, 0) is 50.5 Å². The molecule has 118 valence electrons. The summed E-state index contributed by atoms with van der Waals surface area (Å²) in [6.45, 7) is 7.93. The molecule has 0 bridgehead atoms. The zero-order chi connectivity index (χ0) is 16.1. The summed E-state index contributed by atoms with van der Waals surface area (Å²) in [5, 5.41) is 15.7. The molecule has 1 heterocycles. The fraction of sp³-hybridized carbons (Fsp3) is 0.389. The molecule has 0 aliphatic carbocycles. The van der Waals surface area contributed by atoms with Crippen molar-refractivity contribution >= 4 is 11.6 Å². The Bertz CT molecular complexity index is 604. The minimum Gasteiger partial charge on any atom is -0.392 e. The fourth-order valence-corrected chi connectivity index (χ4v) is 2.82. The number of benzene rings is 1. The van der Waals surface area contributed by atoms with Gasteiger partial charge >= 0.3 is 0 Å². The number of hydrogen-bond acceptors (Lipinski definition) is 2. The zero-order valence-corrected chi connectivity index (χ0v) is 13.9. The smallest absolute Gasteiger partial charge is 0.0661 e. The highest BCUT2D eigenvalue weighted by molar-refractivity contribution is 6.30. The third-order valence-electron chi connectivity index (χ3n) is 3.81. The highest BCUT2D eigenvalue weighted by Crippen LogP contribution is 2.28. The van der Waals surface area contributed by atoms with Gasteiger partial charge in [0.05, 0.1) is 6.10 Å². The number of rotatable bonds is 7. The van der Waals surface area contributed by atoms with Crippen molar-refractivity contribution in [3.63, 3.8) is 0 Å². The van der Waals surface area contributed by atoms with Gasteiger partial charge in [0.1, 0.15) is 0 Å². The Morgan fingerprint density at radius 2 is 1.95 bits per heavy atom. The van der Waals surface area contributed by atoms with Gasteiger partial charge in [0.15, 0.2) is 0 Å². The first-order valence-electron chi connectivity index (χ1n) is 7.59. The molecule has 0 spiro atoms. The predicted molar refractivity (Wildman–Crippen MR) is 91.3 cm³/mol. The Hall–Kier alpha value is -1.58. The molecule has 1 aromatic carbocycles. The first kappa shape index (κ1) is 16.8. The lowest BCUT2D eigenvalue weighted by atomic mass is 9.89. The molecule has 0 radical (unpaired) electrons. The Labute approximate surface area is 137 Å². The van der Waals surface area contributed by atoms with Crippen LogP contribution in [0.3, 0.4) is 0 Å². The van der Waals surface area contributed by atoms with Crippen LogP contribution in [-0.4, -0.2) is 21.0 Å². The zero-order valence-electron chi connectivity index (χ0n) is 13.1. The van der Waals surface area contributed by atoms with E-state index in [0.717, 1.165) is 22.7 Å². The Kier molecular flexibility index (Phi) is 5.81. The summed E-state index contributed by atoms with van der Waals surface area (Å²) in [7, 11) is 0. The lowest BCUT2D eigenvalue weighted by Gasteiger charge is -2.24. The standard InChI is InChI=1S/C18H23ClN2O/c1-4-5-18(22)16(12-14-6-8-15(19)9-7-14)17-10-11-20-21(17)13(2)3/h4,6-11,13,16,18,22H,1,5,12H2,2-3H3. The fourth-order valence-electron chi connectivity index (χ4n) is 2.70. The van der Waals surface area contributed by atoms with Crippen LogP contribution in [0.4, 0.5) is 0 Å². The third kappa shape index (κ3) is 3.99. The van der Waals surface area contributed by atoms with E-state index in [-0.39, 0.29) is 12.0 Å². The summed E-state index contributed by atoms with van der Waals surface area (Å²) in [5.74, 6) is -0.0240. The second-order valence-electron chi connectivity index (χ2n) is 5.82. The molecule has 22 heavy (non-hydrogen) atoms. The summed E-state index contributed by atoms with van der Waals surface area (Å²) < 4.78 is 1.98. The van der Waals surface area contributed by atoms with E-state index in [0.29, 0.717) is 6.42 Å². The van der Waals surface area contributed by atoms with E-state index in [9.17, 15) is 5.11 Å². The second kappa shape index (κ2) is 7.61. The van der Waals surface area contributed by atoms with E-state index in [2.05, 4.69) is 25.5 Å². The molecule has 4 heteroatoms. The number of halogens is 1. The van der Waals surface area contributed by atoms with E-state index in [1.165, 1.54) is 0 Å². The number of aliphatic hydroxyl groups is 1. The van der Waals surface area contributed by atoms with Crippen molar-refractivity contribution in [2.45, 2.75) is 44.8 Å². The summed E-state index contributed by atoms with van der Waals surface area (Å²) in [5.41, 5.74) is 2.20. The second-order valence-corrected chi connectivity index (χ2v) is 6.26. The maximum Gasteiger partial charge on any atom is 0.0661 e. The van der Waals surface area contributed by atoms with Crippen LogP contribution in [0, 0.1) is 0 Å². The van der Waals surface area contributed by atoms with Crippen LogP contribution in [0.1, 0.15) is 43.5 Å². The topological polar surface area (TPSA) is 38.1 Å². The van der Waals surface area contributed by atoms with Gasteiger partial charge < -0.3 is 5.11 Å². The maximum absolute atomic E-state index is 10.6. The predicted octanol–water partition coefficient (Wildman–Crippen LogP) is 4.38. The molecule has 2 rings (SSSR count). The van der Waals surface area contributed by atoms with Crippen molar-refractivity contribution in [2.24, 2.45) is 0 Å². The summed E-state index contributed by atoms with van der Waals surface area (Å²) in [6.07, 6.45) is 4.37. The van der Waals surface area contributed by atoms with Crippen LogP contribution in [0.15, 0.2) is 49.2 Å². The highest BCUT2D eigenvalue weighted by Gasteiger charge is 2.24. The molecule has 0 fully saturated rings. The van der Waals surface area contributed by atoms with Crippen LogP contribution in [0.5, 0.6) is 0 Å². The van der Waals surface area contributed by atoms with Crippen molar-refractivity contribution in [3.05, 3.63) is 65.5 Å². The molecule has 0 amide bonds. The first-order chi connectivity index (χ1) is 10.5. The molecule has 0 saturated carbocycles. The summed E-state index contributed by atoms with van der Waals surface area (Å²) >= 11 is 5.95. The average Bonchev–Trinajstić information content (AvgIpc) is 2.96. The molecule has 0 saturated heterocycles. The molecule has 1 aromatic heterocycles. The first-order valence-corrected chi connectivity index (χ1v) is 7.97. The number of aromatic nitrogens is 2. The van der Waals surface area contributed by atoms with Gasteiger partial charge in [0.2, 0.25) is 0 Å². The van der Waals surface area contributed by atoms with Crippen molar-refractivity contribution < 1.29 is 5.11 Å². The average molecular weight is 319 g/mol. The molecule has 2 atom stereocenters. The maximum atomic E-state index is 10.6. The minimum absolute atomic E-state index is 0.0240. The number of aliphatic hydroxyl groups excluding tert-OH is 1. The number of hydrogen-bond donors (Lipinski definition) is 1. The van der Waals surface area contributed by atoms with Crippen molar-refractivity contribution in [3.8, 4) is 0 Å². The van der Waals surface area contributed by atoms with E-state index < -0.39 is 6.10 Å². The van der Waals surface area contributed by atoms with Gasteiger partial charge in [0.25, 0.3) is 0 Å². The molecule has 2 aromatic rings. The minimum atomic E-state index is -0.484. The van der Waals surface area contributed by atoms with E-state index in [1.807, 2.05) is 35.0 Å². The van der Waals surface area contributed by atoms with Gasteiger partial charge in [-0.2, -0.15) is 5.10 Å².